The van der Waals surface area contributed by atoms with E-state index in [1.165, 1.54) is 49.7 Å². The molecule has 1 aliphatic heterocycles. The number of nitrogens with zero attached hydrogens (tertiary/aromatic N) is 3. The summed E-state index contributed by atoms with van der Waals surface area (Å²) in [5.41, 5.74) is -10.3. The first kappa shape index (κ1) is 23.1. The van der Waals surface area contributed by atoms with Crippen LogP contribution >= 0.6 is 0 Å². The minimum Gasteiger partial charge on any atom is -0.497 e. The number of aromatic amines is 1. The van der Waals surface area contributed by atoms with Crippen molar-refractivity contribution in [3.8, 4) is 11.4 Å². The smallest absolute Gasteiger partial charge is 0.427 e. The molecule has 0 saturated heterocycles. The predicted molar refractivity (Wildman–Crippen MR) is 107 cm³/mol. The van der Waals surface area contributed by atoms with Crippen molar-refractivity contribution in [2.24, 2.45) is 4.99 Å². The third-order valence-corrected chi connectivity index (χ3v) is 5.08. The molecule has 1 aliphatic rings. The number of alkyl halides is 6. The Morgan fingerprint density at radius 1 is 1.00 bits per heavy atom. The van der Waals surface area contributed by atoms with Crippen LogP contribution in [0.2, 0.25) is 0 Å². The Kier molecular flexibility index (Phi) is 5.25. The van der Waals surface area contributed by atoms with Gasteiger partial charge in [0.15, 0.2) is 0 Å². The maximum atomic E-state index is 14.2. The van der Waals surface area contributed by atoms with Crippen LogP contribution in [0.25, 0.3) is 5.69 Å². The molecule has 8 nitrogen and oxygen atoms in total. The number of halogens is 6. The molecule has 1 aromatic carbocycles. The Balaban J connectivity index is 2.15. The highest BCUT2D eigenvalue weighted by molar-refractivity contribution is 6.09. The van der Waals surface area contributed by atoms with Gasteiger partial charge in [-0.2, -0.15) is 26.3 Å². The van der Waals surface area contributed by atoms with Gasteiger partial charge in [0.2, 0.25) is 0 Å². The maximum absolute atomic E-state index is 14.2. The number of aromatic nitrogens is 3. The van der Waals surface area contributed by atoms with Crippen LogP contribution in [0.15, 0.2) is 63.4 Å². The van der Waals surface area contributed by atoms with Crippen molar-refractivity contribution in [2.75, 3.05) is 12.4 Å². The summed E-state index contributed by atoms with van der Waals surface area (Å²) in [6.07, 6.45) is -9.98. The topological polar surface area (TPSA) is 101 Å². The minimum atomic E-state index is -6.11. The van der Waals surface area contributed by atoms with E-state index in [2.05, 4.69) is 15.3 Å². The monoisotopic (exact) mass is 485 g/mol. The third kappa shape index (κ3) is 3.41. The Morgan fingerprint density at radius 2 is 1.65 bits per heavy atom. The first-order valence-electron chi connectivity index (χ1n) is 9.35. The molecule has 0 aliphatic carbocycles. The first-order chi connectivity index (χ1) is 15.9. The van der Waals surface area contributed by atoms with E-state index >= 15 is 0 Å². The quantitative estimate of drug-likeness (QED) is 0.556. The average molecular weight is 485 g/mol. The van der Waals surface area contributed by atoms with Gasteiger partial charge in [0, 0.05) is 18.0 Å². The van der Waals surface area contributed by atoms with E-state index < -0.39 is 46.4 Å². The molecule has 0 fully saturated rings. The SMILES string of the molecule is COc1ccc(-n2c3c(c(=O)[nH]c2=O)C(C(F)(F)F)(C(F)(F)F)N=C(c2cccnc2)N3)cc1. The first-order valence-corrected chi connectivity index (χ1v) is 9.35. The summed E-state index contributed by atoms with van der Waals surface area (Å²) >= 11 is 0. The zero-order valence-electron chi connectivity index (χ0n) is 17.0. The van der Waals surface area contributed by atoms with Gasteiger partial charge >= 0.3 is 18.0 Å². The van der Waals surface area contributed by atoms with Crippen molar-refractivity contribution in [3.63, 3.8) is 0 Å². The third-order valence-electron chi connectivity index (χ3n) is 5.08. The van der Waals surface area contributed by atoms with Crippen LogP contribution < -0.4 is 21.3 Å². The standard InChI is InChI=1S/C20H13F6N5O3/c1-34-12-6-4-11(5-7-12)31-15-13(16(32)29-17(31)33)18(19(21,22)23,20(24,25)26)30-14(28-15)10-3-2-8-27-9-10/h2-9H,1H3,(H,28,30)(H,29,32,33). The van der Waals surface area contributed by atoms with Gasteiger partial charge in [0.1, 0.15) is 23.0 Å². The van der Waals surface area contributed by atoms with Gasteiger partial charge in [-0.1, -0.05) is 0 Å². The van der Waals surface area contributed by atoms with Gasteiger partial charge in [-0.25, -0.2) is 14.4 Å². The van der Waals surface area contributed by atoms with E-state index in [9.17, 15) is 35.9 Å². The van der Waals surface area contributed by atoms with Crippen molar-refractivity contribution >= 4 is 11.7 Å². The number of pyridine rings is 1. The number of H-pyrrole nitrogens is 1. The summed E-state index contributed by atoms with van der Waals surface area (Å²) in [5.74, 6) is -1.62. The number of hydrogen-bond donors (Lipinski definition) is 2. The minimum absolute atomic E-state index is 0.142. The number of nitrogens with one attached hydrogen (secondary N) is 2. The second-order valence-corrected chi connectivity index (χ2v) is 7.05. The molecule has 14 heteroatoms. The van der Waals surface area contributed by atoms with Gasteiger partial charge < -0.3 is 10.1 Å². The number of anilines is 1. The molecule has 2 N–H and O–H groups in total. The van der Waals surface area contributed by atoms with Crippen molar-refractivity contribution in [3.05, 3.63) is 80.8 Å². The van der Waals surface area contributed by atoms with Gasteiger partial charge in [-0.3, -0.25) is 14.8 Å². The fourth-order valence-electron chi connectivity index (χ4n) is 3.54. The lowest BCUT2D eigenvalue weighted by atomic mass is 9.87. The summed E-state index contributed by atoms with van der Waals surface area (Å²) in [7, 11) is 1.34. The molecule has 3 heterocycles. The van der Waals surface area contributed by atoms with Crippen LogP contribution in [0.5, 0.6) is 5.75 Å². The molecule has 3 aromatic rings. The second-order valence-electron chi connectivity index (χ2n) is 7.05. The number of rotatable bonds is 3. The molecule has 0 radical (unpaired) electrons. The fourth-order valence-corrected chi connectivity index (χ4v) is 3.54. The van der Waals surface area contributed by atoms with E-state index in [1.807, 2.05) is 0 Å². The lowest BCUT2D eigenvalue weighted by molar-refractivity contribution is -0.301. The predicted octanol–water partition coefficient (Wildman–Crippen LogP) is 3.12. The van der Waals surface area contributed by atoms with E-state index in [0.29, 0.717) is 10.3 Å². The summed E-state index contributed by atoms with van der Waals surface area (Å²) < 4.78 is 91.0. The van der Waals surface area contributed by atoms with E-state index in [1.54, 1.807) is 4.98 Å². The molecule has 178 valence electrons. The fraction of sp³-hybridized carbons (Fsp3) is 0.200. The number of amidine groups is 1. The van der Waals surface area contributed by atoms with Crippen LogP contribution in [0.1, 0.15) is 11.1 Å². The lowest BCUT2D eigenvalue weighted by Crippen LogP contribution is -2.59. The van der Waals surface area contributed by atoms with Crippen LogP contribution in [0.3, 0.4) is 0 Å². The number of methoxy groups -OCH3 is 1. The second kappa shape index (κ2) is 7.74. The highest BCUT2D eigenvalue weighted by Crippen LogP contribution is 2.55. The van der Waals surface area contributed by atoms with Crippen LogP contribution in [-0.2, 0) is 5.54 Å². The van der Waals surface area contributed by atoms with Crippen LogP contribution in [0, 0.1) is 0 Å². The number of fused-ring (bicyclic) bond motifs is 1. The molecule has 34 heavy (non-hydrogen) atoms. The summed E-state index contributed by atoms with van der Waals surface area (Å²) in [6.45, 7) is 0. The lowest BCUT2D eigenvalue weighted by Gasteiger charge is -2.38. The molecular weight excluding hydrogens is 472 g/mol. The summed E-state index contributed by atoms with van der Waals surface area (Å²) in [5, 5.41) is 2.31. The molecule has 0 unspecified atom stereocenters. The molecule has 4 rings (SSSR count). The zero-order chi connectivity index (χ0) is 24.9. The number of benzene rings is 1. The number of aliphatic imine (C=N–C) groups is 1. The Labute approximate surface area is 185 Å². The molecule has 0 spiro atoms. The zero-order valence-corrected chi connectivity index (χ0v) is 17.0. The van der Waals surface area contributed by atoms with Crippen molar-refractivity contribution in [1.82, 2.24) is 14.5 Å². The van der Waals surface area contributed by atoms with Crippen molar-refractivity contribution in [1.29, 1.82) is 0 Å². The van der Waals surface area contributed by atoms with Crippen LogP contribution in [-0.4, -0.2) is 39.8 Å². The van der Waals surface area contributed by atoms with Crippen LogP contribution in [0.4, 0.5) is 32.2 Å². The maximum Gasteiger partial charge on any atom is 0.427 e. The summed E-state index contributed by atoms with van der Waals surface area (Å²) in [4.78, 5) is 33.4. The molecule has 0 amide bonds. The Morgan fingerprint density at radius 3 is 2.18 bits per heavy atom. The van der Waals surface area contributed by atoms with Gasteiger partial charge in [0.05, 0.1) is 12.8 Å². The number of hydrogen-bond acceptors (Lipinski definition) is 6. The van der Waals surface area contributed by atoms with Crippen molar-refractivity contribution in [2.45, 2.75) is 17.9 Å². The Hall–Kier alpha value is -4.10. The van der Waals surface area contributed by atoms with E-state index in [4.69, 9.17) is 4.74 Å². The molecule has 2 aromatic heterocycles. The normalized spacial score (nSPS) is 15.2. The molecule has 0 atom stereocenters. The van der Waals surface area contributed by atoms with E-state index in [-0.39, 0.29) is 11.3 Å². The average Bonchev–Trinajstić information content (AvgIpc) is 2.77. The highest BCUT2D eigenvalue weighted by Gasteiger charge is 2.75. The molecule has 0 saturated carbocycles. The molecule has 0 bridgehead atoms. The van der Waals surface area contributed by atoms with Gasteiger partial charge in [-0.15, -0.1) is 0 Å². The molecular formula is C20H13F6N5O3. The Bertz CT molecular complexity index is 1360. The highest BCUT2D eigenvalue weighted by atomic mass is 19.4. The summed E-state index contributed by atoms with van der Waals surface area (Å²) in [6, 6.07) is 7.55. The number of ether oxygens (including phenoxy) is 1. The largest absolute Gasteiger partial charge is 0.497 e. The van der Waals surface area contributed by atoms with E-state index in [0.717, 1.165) is 6.20 Å². The van der Waals surface area contributed by atoms with Crippen molar-refractivity contribution < 1.29 is 31.1 Å². The van der Waals surface area contributed by atoms with Gasteiger partial charge in [-0.05, 0) is 36.4 Å². The van der Waals surface area contributed by atoms with Gasteiger partial charge in [0.25, 0.3) is 11.1 Å².